The smallest absolute Gasteiger partial charge is 0.228 e. The fourth-order valence-corrected chi connectivity index (χ4v) is 5.93. The number of anilines is 1. The van der Waals surface area contributed by atoms with Gasteiger partial charge in [0.25, 0.3) is 0 Å². The molecule has 1 aliphatic heterocycles. The number of carbonyl (C=O) groups excluding carboxylic acids is 1. The zero-order valence-electron chi connectivity index (χ0n) is 19.4. The predicted octanol–water partition coefficient (Wildman–Crippen LogP) is 5.75. The van der Waals surface area contributed by atoms with Crippen LogP contribution in [0.2, 0.25) is 5.02 Å². The van der Waals surface area contributed by atoms with Crippen LogP contribution in [0.3, 0.4) is 0 Å². The predicted molar refractivity (Wildman–Crippen MR) is 139 cm³/mol. The number of ether oxygens (including phenoxy) is 1. The number of hydrogen-bond acceptors (Lipinski definition) is 4. The summed E-state index contributed by atoms with van der Waals surface area (Å²) in [6.45, 7) is 0.617. The van der Waals surface area contributed by atoms with Crippen molar-refractivity contribution in [2.75, 3.05) is 24.2 Å². The Balaban J connectivity index is 1.38. The van der Waals surface area contributed by atoms with Crippen LogP contribution < -0.4 is 10.1 Å². The molecule has 3 aromatic carbocycles. The van der Waals surface area contributed by atoms with Crippen molar-refractivity contribution in [3.8, 4) is 11.5 Å². The summed E-state index contributed by atoms with van der Waals surface area (Å²) in [6, 6.07) is 24.1. The maximum atomic E-state index is 13.1. The Morgan fingerprint density at radius 2 is 1.74 bits per heavy atom. The number of carbonyl (C=O) groups is 1. The third-order valence-electron chi connectivity index (χ3n) is 6.03. The summed E-state index contributed by atoms with van der Waals surface area (Å²) in [4.78, 5) is 13.1. The van der Waals surface area contributed by atoms with Crippen LogP contribution in [0.5, 0.6) is 11.5 Å². The number of nitrogens with one attached hydrogen (secondary N) is 1. The molecule has 0 unspecified atom stereocenters. The van der Waals surface area contributed by atoms with Crippen molar-refractivity contribution >= 4 is 33.2 Å². The molecular weight excluding hydrogens is 484 g/mol. The molecule has 35 heavy (non-hydrogen) atoms. The molecule has 0 bridgehead atoms. The third-order valence-corrected chi connectivity index (χ3v) is 8.19. The number of amides is 1. The van der Waals surface area contributed by atoms with E-state index >= 15 is 0 Å². The highest BCUT2D eigenvalue weighted by molar-refractivity contribution is 7.89. The maximum absolute atomic E-state index is 13.1. The zero-order valence-corrected chi connectivity index (χ0v) is 21.0. The van der Waals surface area contributed by atoms with E-state index in [2.05, 4.69) is 5.32 Å². The second-order valence-corrected chi connectivity index (χ2v) is 11.2. The van der Waals surface area contributed by atoms with E-state index in [0.717, 1.165) is 5.56 Å². The molecular formula is C27H29ClN2O4S. The normalized spacial score (nSPS) is 16.5. The molecule has 3 aromatic rings. The number of halogens is 1. The van der Waals surface area contributed by atoms with Gasteiger partial charge in [-0.3, -0.25) is 4.79 Å². The van der Waals surface area contributed by atoms with Crippen LogP contribution in [0.1, 0.15) is 24.8 Å². The van der Waals surface area contributed by atoms with Crippen LogP contribution in [0.15, 0.2) is 78.9 Å². The lowest BCUT2D eigenvalue weighted by Gasteiger charge is -2.31. The largest absolute Gasteiger partial charge is 0.455 e. The van der Waals surface area contributed by atoms with Crippen molar-refractivity contribution < 1.29 is 17.9 Å². The fourth-order valence-electron chi connectivity index (χ4n) is 4.18. The minimum Gasteiger partial charge on any atom is -0.455 e. The van der Waals surface area contributed by atoms with Crippen LogP contribution in [0.4, 0.5) is 5.69 Å². The molecule has 1 heterocycles. The lowest BCUT2D eigenvalue weighted by Crippen LogP contribution is -2.44. The van der Waals surface area contributed by atoms with Crippen molar-refractivity contribution in [3.63, 3.8) is 0 Å². The van der Waals surface area contributed by atoms with Gasteiger partial charge >= 0.3 is 0 Å². The van der Waals surface area contributed by atoms with E-state index in [-0.39, 0.29) is 18.2 Å². The molecule has 1 atom stereocenters. The second kappa shape index (κ2) is 11.7. The van der Waals surface area contributed by atoms with E-state index in [4.69, 9.17) is 16.3 Å². The van der Waals surface area contributed by atoms with E-state index in [0.29, 0.717) is 54.4 Å². The SMILES string of the molecule is O=C(Nc1cc(Cl)ccc1Oc1ccccc1)[C@@H]1CCCN(S(=O)(=O)CCCc2ccccc2)C1. The van der Waals surface area contributed by atoms with Gasteiger partial charge in [-0.1, -0.05) is 60.1 Å². The highest BCUT2D eigenvalue weighted by atomic mass is 35.5. The van der Waals surface area contributed by atoms with Gasteiger partial charge in [0.2, 0.25) is 15.9 Å². The average Bonchev–Trinajstić information content (AvgIpc) is 2.87. The molecule has 1 saturated heterocycles. The summed E-state index contributed by atoms with van der Waals surface area (Å²) in [5.41, 5.74) is 1.57. The van der Waals surface area contributed by atoms with Crippen LogP contribution in [0, 0.1) is 5.92 Å². The van der Waals surface area contributed by atoms with Crippen molar-refractivity contribution in [1.82, 2.24) is 4.31 Å². The molecule has 0 aliphatic carbocycles. The number of hydrogen-bond donors (Lipinski definition) is 1. The number of sulfonamides is 1. The van der Waals surface area contributed by atoms with Crippen molar-refractivity contribution in [2.24, 2.45) is 5.92 Å². The lowest BCUT2D eigenvalue weighted by molar-refractivity contribution is -0.120. The minimum absolute atomic E-state index is 0.0690. The summed E-state index contributed by atoms with van der Waals surface area (Å²) < 4.78 is 33.3. The molecule has 8 heteroatoms. The average molecular weight is 513 g/mol. The molecule has 1 amide bonds. The molecule has 0 spiro atoms. The van der Waals surface area contributed by atoms with E-state index in [1.807, 2.05) is 60.7 Å². The van der Waals surface area contributed by atoms with Crippen LogP contribution in [-0.2, 0) is 21.2 Å². The fraction of sp³-hybridized carbons (Fsp3) is 0.296. The van der Waals surface area contributed by atoms with Crippen molar-refractivity contribution in [1.29, 1.82) is 0 Å². The van der Waals surface area contributed by atoms with Gasteiger partial charge in [-0.2, -0.15) is 0 Å². The number of benzene rings is 3. The topological polar surface area (TPSA) is 75.7 Å². The number of nitrogens with zero attached hydrogens (tertiary/aromatic N) is 1. The van der Waals surface area contributed by atoms with Crippen LogP contribution in [0.25, 0.3) is 0 Å². The molecule has 1 fully saturated rings. The van der Waals surface area contributed by atoms with Gasteiger partial charge in [-0.25, -0.2) is 12.7 Å². The van der Waals surface area contributed by atoms with Gasteiger partial charge in [0.15, 0.2) is 5.75 Å². The summed E-state index contributed by atoms with van der Waals surface area (Å²) in [5.74, 6) is 0.482. The number of rotatable bonds is 9. The standard InChI is InChI=1S/C27H29ClN2O4S/c28-23-15-16-26(34-24-13-5-2-6-14-24)25(19-23)29-27(31)22-12-7-17-30(20-22)35(32,33)18-8-11-21-9-3-1-4-10-21/h1-6,9-10,13-16,19,22H,7-8,11-12,17-18,20H2,(H,29,31)/t22-/m1/s1. The molecule has 0 saturated carbocycles. The lowest BCUT2D eigenvalue weighted by atomic mass is 9.98. The highest BCUT2D eigenvalue weighted by Gasteiger charge is 2.32. The van der Waals surface area contributed by atoms with E-state index in [1.54, 1.807) is 18.2 Å². The Hall–Kier alpha value is -2.87. The zero-order chi connectivity index (χ0) is 24.7. The van der Waals surface area contributed by atoms with Crippen LogP contribution in [-0.4, -0.2) is 37.5 Å². The van der Waals surface area contributed by atoms with Gasteiger partial charge in [-0.15, -0.1) is 0 Å². The molecule has 1 N–H and O–H groups in total. The summed E-state index contributed by atoms with van der Waals surface area (Å²) in [6.07, 6.45) is 2.51. The summed E-state index contributed by atoms with van der Waals surface area (Å²) in [5, 5.41) is 3.37. The number of piperidine rings is 1. The van der Waals surface area contributed by atoms with Gasteiger partial charge in [0, 0.05) is 18.1 Å². The quantitative estimate of drug-likeness (QED) is 0.396. The first kappa shape index (κ1) is 25.2. The summed E-state index contributed by atoms with van der Waals surface area (Å²) in [7, 11) is -3.44. The number of aryl methyl sites for hydroxylation is 1. The molecule has 0 radical (unpaired) electrons. The van der Waals surface area contributed by atoms with Gasteiger partial charge in [0.05, 0.1) is 17.4 Å². The Morgan fingerprint density at radius 1 is 1.03 bits per heavy atom. The van der Waals surface area contributed by atoms with Gasteiger partial charge in [0.1, 0.15) is 5.75 Å². The van der Waals surface area contributed by atoms with Gasteiger partial charge in [-0.05, 0) is 61.6 Å². The first-order valence-electron chi connectivity index (χ1n) is 11.8. The van der Waals surface area contributed by atoms with E-state index in [1.165, 1.54) is 4.31 Å². The Bertz CT molecular complexity index is 1240. The van der Waals surface area contributed by atoms with E-state index < -0.39 is 15.9 Å². The summed E-state index contributed by atoms with van der Waals surface area (Å²) >= 11 is 6.17. The second-order valence-electron chi connectivity index (χ2n) is 8.65. The Kier molecular flexibility index (Phi) is 8.44. The first-order chi connectivity index (χ1) is 16.9. The monoisotopic (exact) mass is 512 g/mol. The molecule has 6 nitrogen and oxygen atoms in total. The third kappa shape index (κ3) is 7.07. The Morgan fingerprint density at radius 3 is 2.49 bits per heavy atom. The van der Waals surface area contributed by atoms with Crippen LogP contribution >= 0.6 is 11.6 Å². The Labute approximate surface area is 211 Å². The molecule has 1 aliphatic rings. The molecule has 4 rings (SSSR count). The van der Waals surface area contributed by atoms with E-state index in [9.17, 15) is 13.2 Å². The van der Waals surface area contributed by atoms with Crippen molar-refractivity contribution in [2.45, 2.75) is 25.7 Å². The van der Waals surface area contributed by atoms with Gasteiger partial charge < -0.3 is 10.1 Å². The highest BCUT2D eigenvalue weighted by Crippen LogP contribution is 2.33. The number of para-hydroxylation sites is 1. The minimum atomic E-state index is -3.44. The molecule has 184 valence electrons. The molecule has 0 aromatic heterocycles. The van der Waals surface area contributed by atoms with Crippen molar-refractivity contribution in [3.05, 3.63) is 89.4 Å². The maximum Gasteiger partial charge on any atom is 0.228 e. The first-order valence-corrected chi connectivity index (χ1v) is 13.7.